The summed E-state index contributed by atoms with van der Waals surface area (Å²) in [4.78, 5) is 2.54. The number of anilines is 3. The van der Waals surface area contributed by atoms with Gasteiger partial charge in [-0.2, -0.15) is 4.31 Å². The summed E-state index contributed by atoms with van der Waals surface area (Å²) in [6.45, 7) is 8.48. The highest BCUT2D eigenvalue weighted by atomic mass is 32.2. The van der Waals surface area contributed by atoms with E-state index >= 15 is 0 Å². The molecule has 2 aromatic rings. The molecule has 1 fully saturated rings. The van der Waals surface area contributed by atoms with Gasteiger partial charge in [-0.25, -0.2) is 8.42 Å². The maximum absolute atomic E-state index is 13.0. The van der Waals surface area contributed by atoms with Crippen LogP contribution in [0.4, 0.5) is 17.1 Å². The molecule has 0 amide bonds. The zero-order valence-electron chi connectivity index (χ0n) is 17.8. The molecule has 6 nitrogen and oxygen atoms in total. The molecule has 0 spiro atoms. The molecule has 1 saturated heterocycles. The third-order valence-corrected chi connectivity index (χ3v) is 7.65. The Kier molecular flexibility index (Phi) is 7.33. The van der Waals surface area contributed by atoms with Crippen LogP contribution < -0.4 is 15.5 Å². The van der Waals surface area contributed by atoms with Gasteiger partial charge in [0.05, 0.1) is 16.3 Å². The number of hydrogen-bond donors (Lipinski definition) is 2. The minimum absolute atomic E-state index is 0.273. The van der Waals surface area contributed by atoms with E-state index in [9.17, 15) is 8.42 Å². The van der Waals surface area contributed by atoms with Crippen LogP contribution in [0.3, 0.4) is 0 Å². The Morgan fingerprint density at radius 1 is 1.03 bits per heavy atom. The van der Waals surface area contributed by atoms with Crippen molar-refractivity contribution in [3.8, 4) is 0 Å². The molecule has 30 heavy (non-hydrogen) atoms. The molecule has 0 aliphatic carbocycles. The lowest BCUT2D eigenvalue weighted by Crippen LogP contribution is -2.31. The van der Waals surface area contributed by atoms with Gasteiger partial charge in [0.25, 0.3) is 0 Å². The fourth-order valence-electron chi connectivity index (χ4n) is 3.71. The van der Waals surface area contributed by atoms with Crippen LogP contribution in [0.1, 0.15) is 32.3 Å². The third-order valence-electron chi connectivity index (χ3n) is 5.40. The maximum Gasteiger partial charge on any atom is 0.243 e. The van der Waals surface area contributed by atoms with Crippen molar-refractivity contribution >= 4 is 44.4 Å². The van der Waals surface area contributed by atoms with Gasteiger partial charge in [0.2, 0.25) is 10.0 Å². The van der Waals surface area contributed by atoms with Gasteiger partial charge < -0.3 is 15.5 Å². The first-order valence-corrected chi connectivity index (χ1v) is 12.2. The van der Waals surface area contributed by atoms with Crippen LogP contribution in [0.25, 0.3) is 0 Å². The van der Waals surface area contributed by atoms with Crippen LogP contribution in [0, 0.1) is 6.92 Å². The second kappa shape index (κ2) is 9.76. The second-order valence-electron chi connectivity index (χ2n) is 7.36. The van der Waals surface area contributed by atoms with Crippen molar-refractivity contribution in [3.05, 3.63) is 48.0 Å². The molecule has 0 radical (unpaired) electrons. The molecule has 1 heterocycles. The van der Waals surface area contributed by atoms with E-state index in [1.165, 1.54) is 4.31 Å². The molecule has 0 unspecified atom stereocenters. The van der Waals surface area contributed by atoms with E-state index in [1.54, 1.807) is 12.1 Å². The first kappa shape index (κ1) is 22.5. The molecule has 0 aromatic heterocycles. The van der Waals surface area contributed by atoms with E-state index in [0.717, 1.165) is 42.9 Å². The van der Waals surface area contributed by atoms with Gasteiger partial charge in [0.1, 0.15) is 0 Å². The number of thiocarbonyl (C=S) groups is 1. The van der Waals surface area contributed by atoms with Gasteiger partial charge in [-0.05, 0) is 61.8 Å². The lowest BCUT2D eigenvalue weighted by molar-refractivity contribution is 0.445. The summed E-state index contributed by atoms with van der Waals surface area (Å²) in [5, 5.41) is 6.90. The van der Waals surface area contributed by atoms with Crippen LogP contribution in [0.2, 0.25) is 0 Å². The molecular weight excluding hydrogens is 416 g/mol. The molecule has 2 N–H and O–H groups in total. The topological polar surface area (TPSA) is 64.7 Å². The van der Waals surface area contributed by atoms with Crippen molar-refractivity contribution in [1.29, 1.82) is 0 Å². The Balaban J connectivity index is 1.93. The zero-order valence-corrected chi connectivity index (χ0v) is 19.4. The fourth-order valence-corrected chi connectivity index (χ4v) is 5.42. The number of para-hydroxylation sites is 1. The normalized spacial score (nSPS) is 14.2. The summed E-state index contributed by atoms with van der Waals surface area (Å²) in [6, 6.07) is 13.2. The predicted molar refractivity (Wildman–Crippen MR) is 129 cm³/mol. The van der Waals surface area contributed by atoms with Crippen LogP contribution in [-0.2, 0) is 10.0 Å². The minimum Gasteiger partial charge on any atom is -0.370 e. The number of benzene rings is 2. The van der Waals surface area contributed by atoms with Crippen molar-refractivity contribution < 1.29 is 8.42 Å². The van der Waals surface area contributed by atoms with Crippen molar-refractivity contribution in [1.82, 2.24) is 4.31 Å². The monoisotopic (exact) mass is 446 g/mol. The summed E-state index contributed by atoms with van der Waals surface area (Å²) in [5.41, 5.74) is 3.68. The van der Waals surface area contributed by atoms with Gasteiger partial charge in [-0.15, -0.1) is 0 Å². The Hall–Kier alpha value is -2.16. The summed E-state index contributed by atoms with van der Waals surface area (Å²) < 4.78 is 27.5. The summed E-state index contributed by atoms with van der Waals surface area (Å²) >= 11 is 5.55. The standard InChI is InChI=1S/C22H30N4O2S2/c1-4-26(5-2)30(27,28)18-12-13-21(25-14-8-9-15-25)20(16-18)24-22(29)23-19-11-7-6-10-17(19)3/h6-7,10-13,16H,4-5,8-9,14-15H2,1-3H3,(H2,23,24,29). The van der Waals surface area contributed by atoms with E-state index in [2.05, 4.69) is 15.5 Å². The molecule has 0 atom stereocenters. The third kappa shape index (κ3) is 4.94. The van der Waals surface area contributed by atoms with E-state index in [4.69, 9.17) is 12.2 Å². The van der Waals surface area contributed by atoms with Crippen LogP contribution in [0.15, 0.2) is 47.4 Å². The summed E-state index contributed by atoms with van der Waals surface area (Å²) in [5.74, 6) is 0. The highest BCUT2D eigenvalue weighted by Gasteiger charge is 2.24. The number of sulfonamides is 1. The van der Waals surface area contributed by atoms with Crippen LogP contribution >= 0.6 is 12.2 Å². The maximum atomic E-state index is 13.0. The number of nitrogens with zero attached hydrogens (tertiary/aromatic N) is 2. The molecule has 2 aromatic carbocycles. The van der Waals surface area contributed by atoms with Gasteiger partial charge in [0, 0.05) is 31.9 Å². The van der Waals surface area contributed by atoms with Crippen LogP contribution in [-0.4, -0.2) is 44.0 Å². The summed E-state index contributed by atoms with van der Waals surface area (Å²) in [7, 11) is -3.55. The number of nitrogens with one attached hydrogen (secondary N) is 2. The molecule has 1 aliphatic heterocycles. The van der Waals surface area contributed by atoms with Gasteiger partial charge in [0.15, 0.2) is 5.11 Å². The van der Waals surface area contributed by atoms with Crippen molar-refractivity contribution in [3.63, 3.8) is 0 Å². The SMILES string of the molecule is CCN(CC)S(=O)(=O)c1ccc(N2CCCC2)c(NC(=S)Nc2ccccc2C)c1. The lowest BCUT2D eigenvalue weighted by Gasteiger charge is -2.25. The molecule has 3 rings (SSSR count). The second-order valence-corrected chi connectivity index (χ2v) is 9.70. The first-order chi connectivity index (χ1) is 14.4. The van der Waals surface area contributed by atoms with Crippen LogP contribution in [0.5, 0.6) is 0 Å². The van der Waals surface area contributed by atoms with Crippen molar-refractivity contribution in [2.24, 2.45) is 0 Å². The van der Waals surface area contributed by atoms with E-state index in [1.807, 2.05) is 51.1 Å². The first-order valence-electron chi connectivity index (χ1n) is 10.4. The highest BCUT2D eigenvalue weighted by Crippen LogP contribution is 2.32. The average molecular weight is 447 g/mol. The Labute approximate surface area is 185 Å². The van der Waals surface area contributed by atoms with Gasteiger partial charge in [-0.1, -0.05) is 32.0 Å². The highest BCUT2D eigenvalue weighted by molar-refractivity contribution is 7.89. The smallest absolute Gasteiger partial charge is 0.243 e. The van der Waals surface area contributed by atoms with Crippen molar-refractivity contribution in [2.75, 3.05) is 41.7 Å². The van der Waals surface area contributed by atoms with E-state index < -0.39 is 10.0 Å². The molecule has 1 aliphatic rings. The zero-order chi connectivity index (χ0) is 21.7. The number of hydrogen-bond acceptors (Lipinski definition) is 4. The molecule has 8 heteroatoms. The lowest BCUT2D eigenvalue weighted by atomic mass is 10.2. The van der Waals surface area contributed by atoms with Crippen molar-refractivity contribution in [2.45, 2.75) is 38.5 Å². The minimum atomic E-state index is -3.55. The number of aryl methyl sites for hydroxylation is 1. The Bertz CT molecular complexity index is 998. The molecule has 162 valence electrons. The molecular formula is C22H30N4O2S2. The Morgan fingerprint density at radius 2 is 1.67 bits per heavy atom. The molecule has 0 saturated carbocycles. The summed E-state index contributed by atoms with van der Waals surface area (Å²) in [6.07, 6.45) is 2.26. The largest absolute Gasteiger partial charge is 0.370 e. The predicted octanol–water partition coefficient (Wildman–Crippen LogP) is 4.43. The Morgan fingerprint density at radius 3 is 2.30 bits per heavy atom. The fraction of sp³-hybridized carbons (Fsp3) is 0.409. The van der Waals surface area contributed by atoms with E-state index in [-0.39, 0.29) is 4.90 Å². The van der Waals surface area contributed by atoms with Gasteiger partial charge in [-0.3, -0.25) is 0 Å². The average Bonchev–Trinajstić information content (AvgIpc) is 3.25. The quantitative estimate of drug-likeness (QED) is 0.613. The van der Waals surface area contributed by atoms with Gasteiger partial charge >= 0.3 is 0 Å². The van der Waals surface area contributed by atoms with E-state index in [0.29, 0.717) is 23.9 Å². The molecule has 0 bridgehead atoms. The number of rotatable bonds is 7.